The van der Waals surface area contributed by atoms with Gasteiger partial charge in [-0.15, -0.1) is 0 Å². The van der Waals surface area contributed by atoms with Gasteiger partial charge < -0.3 is 14.0 Å². The van der Waals surface area contributed by atoms with Crippen molar-refractivity contribution in [3.63, 3.8) is 0 Å². The van der Waals surface area contributed by atoms with Gasteiger partial charge in [-0.1, -0.05) is 12.1 Å². The Morgan fingerprint density at radius 3 is 2.60 bits per heavy atom. The van der Waals surface area contributed by atoms with Crippen molar-refractivity contribution in [2.75, 3.05) is 13.1 Å². The monoisotopic (exact) mass is 335 g/mol. The SMILES string of the molecule is O=C(c1ccc(Cn2ccnc2)cc1)N1CCC[C@H](n2ccnc2)C1. The highest BCUT2D eigenvalue weighted by Gasteiger charge is 2.25. The summed E-state index contributed by atoms with van der Waals surface area (Å²) in [6.45, 7) is 2.33. The number of aromatic nitrogens is 4. The fourth-order valence-corrected chi connectivity index (χ4v) is 3.39. The van der Waals surface area contributed by atoms with Crippen LogP contribution in [0.1, 0.15) is 34.8 Å². The van der Waals surface area contributed by atoms with Crippen LogP contribution in [0.2, 0.25) is 0 Å². The molecule has 0 spiro atoms. The Balaban J connectivity index is 1.43. The highest BCUT2D eigenvalue weighted by molar-refractivity contribution is 5.94. The maximum atomic E-state index is 12.8. The van der Waals surface area contributed by atoms with Gasteiger partial charge in [-0.2, -0.15) is 0 Å². The normalized spacial score (nSPS) is 17.6. The summed E-state index contributed by atoms with van der Waals surface area (Å²) < 4.78 is 4.12. The molecule has 0 radical (unpaired) electrons. The molecule has 0 N–H and O–H groups in total. The Hall–Kier alpha value is -2.89. The van der Waals surface area contributed by atoms with E-state index in [1.807, 2.05) is 52.5 Å². The third-order valence-corrected chi connectivity index (χ3v) is 4.76. The van der Waals surface area contributed by atoms with Gasteiger partial charge in [0.1, 0.15) is 0 Å². The average Bonchev–Trinajstić information content (AvgIpc) is 3.36. The van der Waals surface area contributed by atoms with Gasteiger partial charge in [-0.05, 0) is 30.5 Å². The highest BCUT2D eigenvalue weighted by Crippen LogP contribution is 2.22. The first kappa shape index (κ1) is 15.6. The first-order valence-corrected chi connectivity index (χ1v) is 8.61. The van der Waals surface area contributed by atoms with Crippen LogP contribution in [-0.4, -0.2) is 43.0 Å². The maximum absolute atomic E-state index is 12.8. The van der Waals surface area contributed by atoms with Gasteiger partial charge in [-0.3, -0.25) is 4.79 Å². The van der Waals surface area contributed by atoms with Crippen molar-refractivity contribution < 1.29 is 4.79 Å². The van der Waals surface area contributed by atoms with Crippen LogP contribution < -0.4 is 0 Å². The third kappa shape index (κ3) is 3.47. The van der Waals surface area contributed by atoms with E-state index in [9.17, 15) is 4.79 Å². The van der Waals surface area contributed by atoms with Gasteiger partial charge in [0.25, 0.3) is 5.91 Å². The van der Waals surface area contributed by atoms with Gasteiger partial charge >= 0.3 is 0 Å². The zero-order valence-corrected chi connectivity index (χ0v) is 14.0. The predicted molar refractivity (Wildman–Crippen MR) is 94.2 cm³/mol. The van der Waals surface area contributed by atoms with Crippen molar-refractivity contribution in [3.05, 3.63) is 72.8 Å². The summed E-state index contributed by atoms with van der Waals surface area (Å²) >= 11 is 0. The van der Waals surface area contributed by atoms with Crippen molar-refractivity contribution in [2.24, 2.45) is 0 Å². The van der Waals surface area contributed by atoms with Gasteiger partial charge in [0, 0.05) is 50.0 Å². The average molecular weight is 335 g/mol. The topological polar surface area (TPSA) is 56.0 Å². The molecule has 3 heterocycles. The summed E-state index contributed by atoms with van der Waals surface area (Å²) in [6, 6.07) is 8.21. The van der Waals surface area contributed by atoms with Crippen LogP contribution >= 0.6 is 0 Å². The summed E-state index contributed by atoms with van der Waals surface area (Å²) in [5.41, 5.74) is 1.91. The standard InChI is InChI=1S/C19H21N5O/c25-19(23-9-1-2-18(13-23)24-11-8-21-15-24)17-5-3-16(4-6-17)12-22-10-7-20-14-22/h3-8,10-11,14-15,18H,1-2,9,12-13H2/t18-/m0/s1. The van der Waals surface area contributed by atoms with Gasteiger partial charge in [0.2, 0.25) is 0 Å². The number of likely N-dealkylation sites (tertiary alicyclic amines) is 1. The second-order valence-electron chi connectivity index (χ2n) is 6.49. The summed E-state index contributed by atoms with van der Waals surface area (Å²) in [5, 5.41) is 0. The molecule has 0 unspecified atom stereocenters. The zero-order valence-electron chi connectivity index (χ0n) is 14.0. The Kier molecular flexibility index (Phi) is 4.33. The van der Waals surface area contributed by atoms with E-state index in [2.05, 4.69) is 14.5 Å². The van der Waals surface area contributed by atoms with Gasteiger partial charge in [0.15, 0.2) is 0 Å². The molecule has 25 heavy (non-hydrogen) atoms. The molecule has 1 aliphatic rings. The summed E-state index contributed by atoms with van der Waals surface area (Å²) in [5.74, 6) is 0.110. The van der Waals surface area contributed by atoms with Crippen LogP contribution in [0.5, 0.6) is 0 Å². The number of carbonyl (C=O) groups is 1. The van der Waals surface area contributed by atoms with E-state index in [-0.39, 0.29) is 5.91 Å². The number of amides is 1. The lowest BCUT2D eigenvalue weighted by Gasteiger charge is -2.33. The molecule has 1 atom stereocenters. The Morgan fingerprint density at radius 2 is 1.88 bits per heavy atom. The number of rotatable bonds is 4. The maximum Gasteiger partial charge on any atom is 0.253 e. The zero-order chi connectivity index (χ0) is 17.1. The molecule has 0 aliphatic carbocycles. The second-order valence-corrected chi connectivity index (χ2v) is 6.49. The van der Waals surface area contributed by atoms with Crippen molar-refractivity contribution in [1.82, 2.24) is 24.0 Å². The minimum atomic E-state index is 0.110. The molecule has 1 amide bonds. The van der Waals surface area contributed by atoms with E-state index in [1.165, 1.54) is 0 Å². The third-order valence-electron chi connectivity index (χ3n) is 4.76. The fourth-order valence-electron chi connectivity index (χ4n) is 3.39. The van der Waals surface area contributed by atoms with E-state index in [1.54, 1.807) is 18.7 Å². The highest BCUT2D eigenvalue weighted by atomic mass is 16.2. The van der Waals surface area contributed by atoms with Crippen LogP contribution in [0, 0.1) is 0 Å². The van der Waals surface area contributed by atoms with Crippen LogP contribution in [0.15, 0.2) is 61.7 Å². The number of benzene rings is 1. The van der Waals surface area contributed by atoms with Crippen molar-refractivity contribution in [1.29, 1.82) is 0 Å². The lowest BCUT2D eigenvalue weighted by molar-refractivity contribution is 0.0679. The minimum absolute atomic E-state index is 0.110. The molecule has 0 bridgehead atoms. The lowest BCUT2D eigenvalue weighted by atomic mass is 10.0. The molecule has 2 aromatic heterocycles. The number of nitrogens with zero attached hydrogens (tertiary/aromatic N) is 5. The van der Waals surface area contributed by atoms with Gasteiger partial charge in [0.05, 0.1) is 18.7 Å². The summed E-state index contributed by atoms with van der Waals surface area (Å²) in [6.07, 6.45) is 13.2. The fraction of sp³-hybridized carbons (Fsp3) is 0.316. The number of piperidine rings is 1. The largest absolute Gasteiger partial charge is 0.337 e. The van der Waals surface area contributed by atoms with E-state index in [4.69, 9.17) is 0 Å². The smallest absolute Gasteiger partial charge is 0.253 e. The minimum Gasteiger partial charge on any atom is -0.337 e. The second kappa shape index (κ2) is 6.93. The van der Waals surface area contributed by atoms with E-state index in [0.717, 1.165) is 43.6 Å². The molecular formula is C19H21N5O. The molecule has 1 aromatic carbocycles. The molecular weight excluding hydrogens is 314 g/mol. The molecule has 1 saturated heterocycles. The first-order valence-electron chi connectivity index (χ1n) is 8.61. The molecule has 0 saturated carbocycles. The number of hydrogen-bond donors (Lipinski definition) is 0. The van der Waals surface area contributed by atoms with Crippen LogP contribution in [0.4, 0.5) is 0 Å². The summed E-state index contributed by atoms with van der Waals surface area (Å²) in [7, 11) is 0. The van der Waals surface area contributed by atoms with E-state index >= 15 is 0 Å². The van der Waals surface area contributed by atoms with E-state index in [0.29, 0.717) is 6.04 Å². The predicted octanol–water partition coefficient (Wildman–Crippen LogP) is 2.61. The molecule has 1 aliphatic heterocycles. The van der Waals surface area contributed by atoms with Crippen molar-refractivity contribution >= 4 is 5.91 Å². The molecule has 6 nitrogen and oxygen atoms in total. The molecule has 128 valence electrons. The molecule has 1 fully saturated rings. The number of imidazole rings is 2. The van der Waals surface area contributed by atoms with E-state index < -0.39 is 0 Å². The first-order chi connectivity index (χ1) is 12.3. The quantitative estimate of drug-likeness (QED) is 0.736. The van der Waals surface area contributed by atoms with Crippen molar-refractivity contribution in [3.8, 4) is 0 Å². The molecule has 4 rings (SSSR count). The number of hydrogen-bond acceptors (Lipinski definition) is 3. The van der Waals surface area contributed by atoms with Gasteiger partial charge in [-0.25, -0.2) is 9.97 Å². The molecule has 3 aromatic rings. The Labute approximate surface area is 146 Å². The van der Waals surface area contributed by atoms with Crippen LogP contribution in [-0.2, 0) is 6.54 Å². The molecule has 6 heteroatoms. The Morgan fingerprint density at radius 1 is 1.08 bits per heavy atom. The van der Waals surface area contributed by atoms with Crippen LogP contribution in [0.25, 0.3) is 0 Å². The number of carbonyl (C=O) groups excluding carboxylic acids is 1. The summed E-state index contributed by atoms with van der Waals surface area (Å²) in [4.78, 5) is 23.0. The lowest BCUT2D eigenvalue weighted by Crippen LogP contribution is -2.40. The Bertz CT molecular complexity index is 808. The van der Waals surface area contributed by atoms with Crippen molar-refractivity contribution in [2.45, 2.75) is 25.4 Å². The van der Waals surface area contributed by atoms with Crippen LogP contribution in [0.3, 0.4) is 0 Å².